The molecule has 3 N–H and O–H groups in total. The third kappa shape index (κ3) is 2.65. The molecule has 0 aliphatic rings. The van der Waals surface area contributed by atoms with E-state index in [2.05, 4.69) is 26.0 Å². The molecule has 0 fully saturated rings. The van der Waals surface area contributed by atoms with E-state index < -0.39 is 0 Å². The Morgan fingerprint density at radius 1 is 1.00 bits per heavy atom. The molecule has 27 heavy (non-hydrogen) atoms. The molecule has 0 spiro atoms. The molecule has 7 heteroatoms. The molecule has 0 bridgehead atoms. The largest absolute Gasteiger partial charge is 0.372 e. The lowest BCUT2D eigenvalue weighted by molar-refractivity contribution is 0.233. The fourth-order valence-electron chi connectivity index (χ4n) is 3.07. The Labute approximate surface area is 154 Å². The number of pyridine rings is 1. The number of imidazole rings is 2. The Kier molecular flexibility index (Phi) is 3.33. The Hall–Kier alpha value is -3.87. The lowest BCUT2D eigenvalue weighted by Crippen LogP contribution is -2.09. The predicted molar refractivity (Wildman–Crippen MR) is 104 cm³/mol. The third-order valence-electron chi connectivity index (χ3n) is 4.35. The standard InChI is InChI=1S/C20H16N6O/c1-12-6-7-14-16(10-12)24-19(23-14)17-11-13(8-9-22-17)27-26-18-5-3-2-4-15(18)25-20(26)21/h2-11H,1H3,(H2,21,25)(H,23,24). The van der Waals surface area contributed by atoms with Crippen LogP contribution in [-0.4, -0.2) is 24.7 Å². The van der Waals surface area contributed by atoms with Gasteiger partial charge in [0.2, 0.25) is 5.95 Å². The summed E-state index contributed by atoms with van der Waals surface area (Å²) in [4.78, 5) is 22.6. The molecule has 3 heterocycles. The molecule has 0 radical (unpaired) electrons. The molecule has 0 aliphatic carbocycles. The molecular weight excluding hydrogens is 340 g/mol. The Balaban J connectivity index is 1.54. The van der Waals surface area contributed by atoms with Gasteiger partial charge in [0.15, 0.2) is 11.6 Å². The van der Waals surface area contributed by atoms with Gasteiger partial charge in [-0.15, -0.1) is 4.73 Å². The number of rotatable bonds is 3. The summed E-state index contributed by atoms with van der Waals surface area (Å²) in [6.07, 6.45) is 1.68. The summed E-state index contributed by atoms with van der Waals surface area (Å²) in [5.41, 5.74) is 11.3. The Morgan fingerprint density at radius 3 is 2.81 bits per heavy atom. The number of nitrogens with zero attached hydrogens (tertiary/aromatic N) is 4. The van der Waals surface area contributed by atoms with Gasteiger partial charge in [-0.05, 0) is 36.8 Å². The van der Waals surface area contributed by atoms with Crippen molar-refractivity contribution in [2.75, 3.05) is 5.73 Å². The molecule has 5 aromatic rings. The number of hydrogen-bond donors (Lipinski definition) is 2. The number of nitrogens with one attached hydrogen (secondary N) is 1. The Bertz CT molecular complexity index is 1290. The van der Waals surface area contributed by atoms with E-state index in [-0.39, 0.29) is 5.95 Å². The number of fused-ring (bicyclic) bond motifs is 2. The fraction of sp³-hybridized carbons (Fsp3) is 0.0500. The van der Waals surface area contributed by atoms with Crippen LogP contribution < -0.4 is 10.6 Å². The molecule has 0 amide bonds. The second kappa shape index (κ2) is 5.84. The lowest BCUT2D eigenvalue weighted by Gasteiger charge is -2.08. The highest BCUT2D eigenvalue weighted by molar-refractivity contribution is 5.80. The number of H-pyrrole nitrogens is 1. The number of nitrogens with two attached hydrogens (primary N) is 1. The molecule has 0 saturated carbocycles. The summed E-state index contributed by atoms with van der Waals surface area (Å²) in [5.74, 6) is 1.56. The molecular formula is C20H16N6O. The quantitative estimate of drug-likeness (QED) is 0.514. The molecule has 3 aromatic heterocycles. The van der Waals surface area contributed by atoms with Gasteiger partial charge in [0, 0.05) is 18.3 Å². The van der Waals surface area contributed by atoms with Gasteiger partial charge in [-0.1, -0.05) is 18.2 Å². The van der Waals surface area contributed by atoms with E-state index in [4.69, 9.17) is 10.6 Å². The Morgan fingerprint density at radius 2 is 1.89 bits per heavy atom. The molecule has 0 unspecified atom stereocenters. The second-order valence-corrected chi connectivity index (χ2v) is 6.33. The molecule has 5 rings (SSSR count). The number of aromatic nitrogens is 5. The summed E-state index contributed by atoms with van der Waals surface area (Å²) in [6, 6.07) is 17.3. The molecule has 132 valence electrons. The van der Waals surface area contributed by atoms with Crippen molar-refractivity contribution in [2.24, 2.45) is 0 Å². The highest BCUT2D eigenvalue weighted by atomic mass is 16.7. The van der Waals surface area contributed by atoms with E-state index in [0.717, 1.165) is 22.1 Å². The van der Waals surface area contributed by atoms with Crippen molar-refractivity contribution in [1.82, 2.24) is 24.7 Å². The van der Waals surface area contributed by atoms with E-state index in [1.54, 1.807) is 12.3 Å². The maximum absolute atomic E-state index is 6.01. The fourth-order valence-corrected chi connectivity index (χ4v) is 3.07. The number of hydrogen-bond acceptors (Lipinski definition) is 5. The van der Waals surface area contributed by atoms with Crippen LogP contribution in [0.25, 0.3) is 33.6 Å². The van der Waals surface area contributed by atoms with Gasteiger partial charge in [0.05, 0.1) is 16.6 Å². The maximum Gasteiger partial charge on any atom is 0.235 e. The summed E-state index contributed by atoms with van der Waals surface area (Å²) >= 11 is 0. The highest BCUT2D eigenvalue weighted by Gasteiger charge is 2.12. The van der Waals surface area contributed by atoms with Crippen molar-refractivity contribution < 1.29 is 4.84 Å². The number of anilines is 1. The van der Waals surface area contributed by atoms with Gasteiger partial charge in [-0.2, -0.15) is 0 Å². The first-order valence-corrected chi connectivity index (χ1v) is 8.51. The van der Waals surface area contributed by atoms with Crippen molar-refractivity contribution in [3.05, 3.63) is 66.4 Å². The zero-order valence-electron chi connectivity index (χ0n) is 14.5. The van der Waals surface area contributed by atoms with Gasteiger partial charge in [-0.25, -0.2) is 9.97 Å². The minimum atomic E-state index is 0.286. The first-order valence-electron chi connectivity index (χ1n) is 8.51. The van der Waals surface area contributed by atoms with E-state index in [0.29, 0.717) is 17.3 Å². The van der Waals surface area contributed by atoms with E-state index in [9.17, 15) is 0 Å². The van der Waals surface area contributed by atoms with E-state index in [1.165, 1.54) is 10.3 Å². The number of aromatic amines is 1. The van der Waals surface area contributed by atoms with Crippen molar-refractivity contribution in [3.8, 4) is 17.3 Å². The van der Waals surface area contributed by atoms with Gasteiger partial charge < -0.3 is 15.6 Å². The number of benzene rings is 2. The monoisotopic (exact) mass is 356 g/mol. The smallest absolute Gasteiger partial charge is 0.235 e. The maximum atomic E-state index is 6.01. The minimum absolute atomic E-state index is 0.286. The van der Waals surface area contributed by atoms with Gasteiger partial charge >= 0.3 is 0 Å². The van der Waals surface area contributed by atoms with Crippen molar-refractivity contribution in [3.63, 3.8) is 0 Å². The summed E-state index contributed by atoms with van der Waals surface area (Å²) in [7, 11) is 0. The highest BCUT2D eigenvalue weighted by Crippen LogP contribution is 2.25. The van der Waals surface area contributed by atoms with Crippen molar-refractivity contribution >= 4 is 28.0 Å². The lowest BCUT2D eigenvalue weighted by atomic mass is 10.2. The zero-order valence-corrected chi connectivity index (χ0v) is 14.5. The average molecular weight is 356 g/mol. The molecule has 7 nitrogen and oxygen atoms in total. The zero-order chi connectivity index (χ0) is 18.4. The molecule has 0 atom stereocenters. The summed E-state index contributed by atoms with van der Waals surface area (Å²) < 4.78 is 1.51. The first kappa shape index (κ1) is 15.4. The van der Waals surface area contributed by atoms with Crippen LogP contribution in [0.1, 0.15) is 5.56 Å². The van der Waals surface area contributed by atoms with Crippen LogP contribution >= 0.6 is 0 Å². The normalized spacial score (nSPS) is 11.3. The number of para-hydroxylation sites is 2. The topological polar surface area (TPSA) is 94.6 Å². The van der Waals surface area contributed by atoms with Crippen molar-refractivity contribution in [1.29, 1.82) is 0 Å². The second-order valence-electron chi connectivity index (χ2n) is 6.33. The van der Waals surface area contributed by atoms with Crippen LogP contribution in [0.5, 0.6) is 5.75 Å². The minimum Gasteiger partial charge on any atom is -0.372 e. The van der Waals surface area contributed by atoms with Gasteiger partial charge in [0.25, 0.3) is 0 Å². The van der Waals surface area contributed by atoms with Crippen LogP contribution in [0.3, 0.4) is 0 Å². The van der Waals surface area contributed by atoms with Crippen LogP contribution in [0.15, 0.2) is 60.8 Å². The van der Waals surface area contributed by atoms with Crippen LogP contribution in [0.2, 0.25) is 0 Å². The third-order valence-corrected chi connectivity index (χ3v) is 4.35. The SMILES string of the molecule is Cc1ccc2nc(-c3cc(On4c(N)nc5ccccc54)ccn3)[nH]c2c1. The first-order chi connectivity index (χ1) is 13.2. The summed E-state index contributed by atoms with van der Waals surface area (Å²) in [5, 5.41) is 0. The van der Waals surface area contributed by atoms with Crippen LogP contribution in [0.4, 0.5) is 5.95 Å². The number of aryl methyl sites for hydroxylation is 1. The molecule has 0 saturated heterocycles. The average Bonchev–Trinajstić information content (AvgIpc) is 3.23. The summed E-state index contributed by atoms with van der Waals surface area (Å²) in [6.45, 7) is 2.05. The van der Waals surface area contributed by atoms with Crippen LogP contribution in [-0.2, 0) is 0 Å². The van der Waals surface area contributed by atoms with E-state index in [1.807, 2.05) is 49.4 Å². The van der Waals surface area contributed by atoms with Crippen LogP contribution in [0, 0.1) is 6.92 Å². The van der Waals surface area contributed by atoms with Gasteiger partial charge in [-0.3, -0.25) is 4.98 Å². The van der Waals surface area contributed by atoms with Gasteiger partial charge in [0.1, 0.15) is 11.2 Å². The predicted octanol–water partition coefficient (Wildman–Crippen LogP) is 3.71. The number of nitrogen functional groups attached to an aromatic ring is 1. The molecule has 0 aliphatic heterocycles. The molecule has 2 aromatic carbocycles. The van der Waals surface area contributed by atoms with Crippen molar-refractivity contribution in [2.45, 2.75) is 6.92 Å². The van der Waals surface area contributed by atoms with E-state index >= 15 is 0 Å².